The Morgan fingerprint density at radius 3 is 1.57 bits per heavy atom. The smallest absolute Gasteiger partial charge is 0.136 e. The van der Waals surface area contributed by atoms with Gasteiger partial charge in [0.1, 0.15) is 11.2 Å². The second kappa shape index (κ2) is 15.1. The van der Waals surface area contributed by atoms with Crippen molar-refractivity contribution in [2.24, 2.45) is 0 Å². The molecule has 0 amide bonds. The van der Waals surface area contributed by atoms with E-state index >= 15 is 0 Å². The van der Waals surface area contributed by atoms with Crippen LogP contribution in [0, 0.1) is 0 Å². The second-order valence-corrected chi connectivity index (χ2v) is 15.2. The first-order valence-corrected chi connectivity index (χ1v) is 20.5. The third-order valence-electron chi connectivity index (χ3n) is 11.7. The van der Waals surface area contributed by atoms with E-state index < -0.39 is 0 Å². The van der Waals surface area contributed by atoms with Crippen LogP contribution in [0.4, 0.5) is 17.1 Å². The number of hydrogen-bond acceptors (Lipinski definition) is 2. The molecule has 0 unspecified atom stereocenters. The summed E-state index contributed by atoms with van der Waals surface area (Å²) in [6, 6.07) is 84.9. The van der Waals surface area contributed by atoms with Crippen LogP contribution in [0.5, 0.6) is 0 Å². The molecule has 10 aromatic carbocycles. The minimum Gasteiger partial charge on any atom is -0.456 e. The fraction of sp³-hybridized carbons (Fsp3) is 0. The van der Waals surface area contributed by atoms with Gasteiger partial charge in [-0.25, -0.2) is 0 Å². The van der Waals surface area contributed by atoms with Crippen LogP contribution in [-0.4, -0.2) is 0 Å². The standard InChI is InChI=1S/C58H39NO/c1-4-16-40(17-5-1)46-33-37-55(53(39-46)44-20-8-3-9-21-44)59(54-27-14-23-42-22-10-11-24-48(42)54)47-34-30-41(31-35-47)45-32-36-49(52(38-45)43-18-6-2-7-19-43)50-26-15-29-57-58(50)51-25-12-13-28-56(51)60-57/h1-39H. The Kier molecular flexibility index (Phi) is 8.87. The zero-order valence-electron chi connectivity index (χ0n) is 32.9. The summed E-state index contributed by atoms with van der Waals surface area (Å²) in [5.41, 5.74) is 16.8. The number of hydrogen-bond donors (Lipinski definition) is 0. The molecule has 1 heterocycles. The van der Waals surface area contributed by atoms with Crippen molar-refractivity contribution < 1.29 is 4.42 Å². The fourth-order valence-electron chi connectivity index (χ4n) is 8.82. The quantitative estimate of drug-likeness (QED) is 0.153. The number of rotatable bonds is 8. The van der Waals surface area contributed by atoms with E-state index in [0.717, 1.165) is 61.3 Å². The Labute approximate surface area is 349 Å². The first-order chi connectivity index (χ1) is 29.8. The molecule has 0 aliphatic heterocycles. The van der Waals surface area contributed by atoms with Gasteiger partial charge in [0.15, 0.2) is 0 Å². The van der Waals surface area contributed by atoms with Gasteiger partial charge in [-0.1, -0.05) is 188 Å². The first kappa shape index (κ1) is 35.2. The molecule has 60 heavy (non-hydrogen) atoms. The molecule has 0 bridgehead atoms. The van der Waals surface area contributed by atoms with E-state index in [1.54, 1.807) is 0 Å². The van der Waals surface area contributed by atoms with Gasteiger partial charge in [0.05, 0.1) is 11.4 Å². The number of furan rings is 1. The van der Waals surface area contributed by atoms with Gasteiger partial charge in [-0.05, 0) is 104 Å². The van der Waals surface area contributed by atoms with Gasteiger partial charge >= 0.3 is 0 Å². The summed E-state index contributed by atoms with van der Waals surface area (Å²) >= 11 is 0. The highest BCUT2D eigenvalue weighted by molar-refractivity contribution is 6.14. The maximum Gasteiger partial charge on any atom is 0.136 e. The third kappa shape index (κ3) is 6.32. The van der Waals surface area contributed by atoms with Gasteiger partial charge < -0.3 is 9.32 Å². The van der Waals surface area contributed by atoms with Crippen molar-refractivity contribution in [2.75, 3.05) is 4.90 Å². The number of anilines is 3. The van der Waals surface area contributed by atoms with Crippen LogP contribution in [0.2, 0.25) is 0 Å². The molecular weight excluding hydrogens is 727 g/mol. The highest BCUT2D eigenvalue weighted by Gasteiger charge is 2.21. The minimum atomic E-state index is 0.897. The molecule has 0 radical (unpaired) electrons. The molecule has 11 rings (SSSR count). The molecule has 2 nitrogen and oxygen atoms in total. The summed E-state index contributed by atoms with van der Waals surface area (Å²) in [6.07, 6.45) is 0. The summed E-state index contributed by atoms with van der Waals surface area (Å²) in [6.45, 7) is 0. The summed E-state index contributed by atoms with van der Waals surface area (Å²) in [5, 5.41) is 4.66. The van der Waals surface area contributed by atoms with E-state index in [1.165, 1.54) is 44.2 Å². The molecule has 0 aliphatic carbocycles. The van der Waals surface area contributed by atoms with Crippen LogP contribution in [0.25, 0.3) is 88.3 Å². The molecular formula is C58H39NO. The average molecular weight is 766 g/mol. The van der Waals surface area contributed by atoms with Crippen molar-refractivity contribution in [3.63, 3.8) is 0 Å². The topological polar surface area (TPSA) is 16.4 Å². The molecule has 0 saturated heterocycles. The largest absolute Gasteiger partial charge is 0.456 e. The van der Waals surface area contributed by atoms with Crippen LogP contribution in [0.3, 0.4) is 0 Å². The van der Waals surface area contributed by atoms with Crippen molar-refractivity contribution in [3.8, 4) is 55.6 Å². The number of nitrogens with zero attached hydrogens (tertiary/aromatic N) is 1. The van der Waals surface area contributed by atoms with Gasteiger partial charge in [0.2, 0.25) is 0 Å². The van der Waals surface area contributed by atoms with Crippen LogP contribution < -0.4 is 4.90 Å². The normalized spacial score (nSPS) is 11.3. The predicted molar refractivity (Wildman–Crippen MR) is 253 cm³/mol. The molecule has 11 aromatic rings. The number of benzene rings is 10. The van der Waals surface area contributed by atoms with Gasteiger partial charge in [0, 0.05) is 27.4 Å². The van der Waals surface area contributed by atoms with Crippen molar-refractivity contribution in [3.05, 3.63) is 237 Å². The molecule has 282 valence electrons. The Bertz CT molecular complexity index is 3290. The highest BCUT2D eigenvalue weighted by Crippen LogP contribution is 2.46. The molecule has 0 atom stereocenters. The lowest BCUT2D eigenvalue weighted by atomic mass is 9.89. The Morgan fingerprint density at radius 2 is 0.817 bits per heavy atom. The minimum absolute atomic E-state index is 0.897. The van der Waals surface area contributed by atoms with Gasteiger partial charge in [-0.15, -0.1) is 0 Å². The van der Waals surface area contributed by atoms with E-state index in [4.69, 9.17) is 4.42 Å². The lowest BCUT2D eigenvalue weighted by Crippen LogP contribution is -2.12. The van der Waals surface area contributed by atoms with Crippen molar-refractivity contribution in [2.45, 2.75) is 0 Å². The van der Waals surface area contributed by atoms with Gasteiger partial charge in [0.25, 0.3) is 0 Å². The van der Waals surface area contributed by atoms with E-state index in [9.17, 15) is 0 Å². The van der Waals surface area contributed by atoms with Gasteiger partial charge in [-0.2, -0.15) is 0 Å². The lowest BCUT2D eigenvalue weighted by molar-refractivity contribution is 0.669. The fourth-order valence-corrected chi connectivity index (χ4v) is 8.82. The molecule has 0 N–H and O–H groups in total. The van der Waals surface area contributed by atoms with Crippen molar-refractivity contribution in [1.29, 1.82) is 0 Å². The number of fused-ring (bicyclic) bond motifs is 4. The van der Waals surface area contributed by atoms with Crippen LogP contribution in [-0.2, 0) is 0 Å². The van der Waals surface area contributed by atoms with Crippen molar-refractivity contribution >= 4 is 49.8 Å². The Hall–Kier alpha value is -7.94. The van der Waals surface area contributed by atoms with E-state index in [2.05, 4.69) is 229 Å². The van der Waals surface area contributed by atoms with E-state index in [-0.39, 0.29) is 0 Å². The molecule has 0 spiro atoms. The van der Waals surface area contributed by atoms with Crippen LogP contribution in [0.15, 0.2) is 241 Å². The van der Waals surface area contributed by atoms with Crippen LogP contribution in [0.1, 0.15) is 0 Å². The zero-order valence-corrected chi connectivity index (χ0v) is 32.9. The summed E-state index contributed by atoms with van der Waals surface area (Å²) < 4.78 is 6.33. The highest BCUT2D eigenvalue weighted by atomic mass is 16.3. The van der Waals surface area contributed by atoms with E-state index in [0.29, 0.717) is 0 Å². The molecule has 2 heteroatoms. The average Bonchev–Trinajstić information content (AvgIpc) is 3.72. The Morgan fingerprint density at radius 1 is 0.283 bits per heavy atom. The third-order valence-corrected chi connectivity index (χ3v) is 11.7. The second-order valence-electron chi connectivity index (χ2n) is 15.2. The van der Waals surface area contributed by atoms with E-state index in [1.807, 2.05) is 12.1 Å². The van der Waals surface area contributed by atoms with Crippen LogP contribution >= 0.6 is 0 Å². The zero-order chi connectivity index (χ0) is 39.8. The molecule has 0 saturated carbocycles. The number of para-hydroxylation sites is 1. The predicted octanol–water partition coefficient (Wildman–Crippen LogP) is 16.5. The summed E-state index contributed by atoms with van der Waals surface area (Å²) in [7, 11) is 0. The molecule has 0 fully saturated rings. The SMILES string of the molecule is c1ccc(-c2ccc(N(c3ccc(-c4ccc(-c5cccc6oc7ccccc7c56)c(-c5ccccc5)c4)cc3)c3cccc4ccccc34)c(-c3ccccc3)c2)cc1. The maximum absolute atomic E-state index is 6.33. The van der Waals surface area contributed by atoms with Crippen molar-refractivity contribution in [1.82, 2.24) is 0 Å². The lowest BCUT2D eigenvalue weighted by Gasteiger charge is -2.29. The monoisotopic (exact) mass is 765 g/mol. The van der Waals surface area contributed by atoms with Gasteiger partial charge in [-0.3, -0.25) is 0 Å². The summed E-state index contributed by atoms with van der Waals surface area (Å²) in [4.78, 5) is 2.43. The molecule has 0 aliphatic rings. The molecule has 1 aromatic heterocycles. The summed E-state index contributed by atoms with van der Waals surface area (Å²) in [5.74, 6) is 0. The first-order valence-electron chi connectivity index (χ1n) is 20.5. The Balaban J connectivity index is 1.07. The maximum atomic E-state index is 6.33.